The number of benzene rings is 1. The Hall–Kier alpha value is -2.90. The molecule has 2 amide bonds. The predicted octanol–water partition coefficient (Wildman–Crippen LogP) is 2.06. The fourth-order valence-corrected chi connectivity index (χ4v) is 3.23. The van der Waals surface area contributed by atoms with Gasteiger partial charge in [0.1, 0.15) is 18.7 Å². The van der Waals surface area contributed by atoms with E-state index in [1.54, 1.807) is 20.8 Å². The zero-order chi connectivity index (χ0) is 21.4. The van der Waals surface area contributed by atoms with Crippen LogP contribution in [0.25, 0.3) is 0 Å². The maximum Gasteiger partial charge on any atom is 0.408 e. The summed E-state index contributed by atoms with van der Waals surface area (Å²) < 4.78 is 9.98. The number of hydrogen-bond donors (Lipinski definition) is 1. The third-order valence-corrected chi connectivity index (χ3v) is 4.73. The Morgan fingerprint density at radius 1 is 1.14 bits per heavy atom. The van der Waals surface area contributed by atoms with Crippen LogP contribution in [0.1, 0.15) is 39.2 Å². The average Bonchev–Trinajstić information content (AvgIpc) is 3.20. The third kappa shape index (κ3) is 6.04. The van der Waals surface area contributed by atoms with Crippen LogP contribution in [0.3, 0.4) is 0 Å². The van der Waals surface area contributed by atoms with Gasteiger partial charge in [0, 0.05) is 6.54 Å². The number of Topliss-reactive ketones (excluding diaryl/α,β-unsaturated/α-hetero) is 1. The van der Waals surface area contributed by atoms with Crippen LogP contribution < -0.4 is 5.32 Å². The van der Waals surface area contributed by atoms with Crippen LogP contribution in [0.5, 0.6) is 0 Å². The molecule has 1 aliphatic rings. The van der Waals surface area contributed by atoms with Crippen LogP contribution >= 0.6 is 0 Å². The molecule has 1 unspecified atom stereocenters. The van der Waals surface area contributed by atoms with E-state index in [1.165, 1.54) is 4.90 Å². The van der Waals surface area contributed by atoms with Gasteiger partial charge in [-0.2, -0.15) is 0 Å². The summed E-state index contributed by atoms with van der Waals surface area (Å²) in [5, 5.41) is 2.60. The first-order chi connectivity index (χ1) is 13.8. The highest BCUT2D eigenvalue weighted by Gasteiger charge is 2.41. The minimum absolute atomic E-state index is 0.0827. The number of alkyl carbamates (subject to hydrolysis) is 1. The first-order valence-corrected chi connectivity index (χ1v) is 9.83. The van der Waals surface area contributed by atoms with Crippen LogP contribution in [-0.2, 0) is 30.5 Å². The van der Waals surface area contributed by atoms with Crippen molar-refractivity contribution in [1.29, 1.82) is 0 Å². The Labute approximate surface area is 170 Å². The number of nitrogens with one attached hydrogen (secondary N) is 1. The number of carbonyl (C=O) groups excluding carboxylic acids is 4. The first-order valence-electron chi connectivity index (χ1n) is 9.83. The molecule has 2 rings (SSSR count). The number of carbonyl (C=O) groups is 4. The lowest BCUT2D eigenvalue weighted by atomic mass is 10.0. The van der Waals surface area contributed by atoms with Crippen LogP contribution in [0, 0.1) is 5.92 Å². The van der Waals surface area contributed by atoms with Crippen molar-refractivity contribution in [2.45, 2.75) is 52.3 Å². The molecule has 1 N–H and O–H groups in total. The highest BCUT2D eigenvalue weighted by Crippen LogP contribution is 2.21. The van der Waals surface area contributed by atoms with E-state index in [-0.39, 0.29) is 19.1 Å². The Balaban J connectivity index is 2.01. The number of ketones is 1. The summed E-state index contributed by atoms with van der Waals surface area (Å²) >= 11 is 0. The van der Waals surface area contributed by atoms with Crippen molar-refractivity contribution in [3.63, 3.8) is 0 Å². The highest BCUT2D eigenvalue weighted by molar-refractivity contribution is 6.36. The lowest BCUT2D eigenvalue weighted by molar-refractivity contribution is -0.156. The Kier molecular flexibility index (Phi) is 8.18. The van der Waals surface area contributed by atoms with Crippen molar-refractivity contribution in [2.75, 3.05) is 13.2 Å². The van der Waals surface area contributed by atoms with E-state index in [0.29, 0.717) is 19.4 Å². The van der Waals surface area contributed by atoms with Crippen molar-refractivity contribution in [3.8, 4) is 0 Å². The van der Waals surface area contributed by atoms with Gasteiger partial charge < -0.3 is 19.7 Å². The van der Waals surface area contributed by atoms with Crippen LogP contribution in [0.4, 0.5) is 4.79 Å². The highest BCUT2D eigenvalue weighted by atomic mass is 16.5. The Morgan fingerprint density at radius 3 is 2.45 bits per heavy atom. The van der Waals surface area contributed by atoms with Gasteiger partial charge in [-0.1, -0.05) is 44.2 Å². The van der Waals surface area contributed by atoms with Gasteiger partial charge >= 0.3 is 12.1 Å². The number of nitrogens with zero attached hydrogens (tertiary/aromatic N) is 1. The number of esters is 1. The summed E-state index contributed by atoms with van der Waals surface area (Å²) in [4.78, 5) is 50.8. The van der Waals surface area contributed by atoms with Crippen molar-refractivity contribution in [2.24, 2.45) is 5.92 Å². The molecule has 158 valence electrons. The van der Waals surface area contributed by atoms with Crippen molar-refractivity contribution in [3.05, 3.63) is 35.9 Å². The predicted molar refractivity (Wildman–Crippen MR) is 105 cm³/mol. The molecule has 1 fully saturated rings. The maximum absolute atomic E-state index is 13.0. The second-order valence-electron chi connectivity index (χ2n) is 7.20. The molecule has 29 heavy (non-hydrogen) atoms. The van der Waals surface area contributed by atoms with E-state index in [9.17, 15) is 19.2 Å². The number of amides is 2. The van der Waals surface area contributed by atoms with Gasteiger partial charge in [0.05, 0.1) is 6.61 Å². The molecule has 0 aliphatic carbocycles. The normalized spacial score (nSPS) is 17.0. The molecular formula is C21H28N2O6. The summed E-state index contributed by atoms with van der Waals surface area (Å²) in [6, 6.07) is 7.47. The van der Waals surface area contributed by atoms with E-state index >= 15 is 0 Å². The summed E-state index contributed by atoms with van der Waals surface area (Å²) in [6.07, 6.45) is 0.283. The number of likely N-dealkylation sites (tertiary alicyclic amines) is 1. The van der Waals surface area contributed by atoms with Gasteiger partial charge in [-0.25, -0.2) is 9.59 Å². The largest absolute Gasteiger partial charge is 0.460 e. The van der Waals surface area contributed by atoms with Gasteiger partial charge in [0.2, 0.25) is 5.91 Å². The lowest BCUT2D eigenvalue weighted by Crippen LogP contribution is -2.54. The molecule has 1 saturated heterocycles. The molecule has 1 aromatic carbocycles. The molecule has 2 atom stereocenters. The molecule has 1 heterocycles. The van der Waals surface area contributed by atoms with Gasteiger partial charge in [0.15, 0.2) is 0 Å². The fraction of sp³-hybridized carbons (Fsp3) is 0.524. The quantitative estimate of drug-likeness (QED) is 0.526. The second kappa shape index (κ2) is 10.6. The zero-order valence-electron chi connectivity index (χ0n) is 17.1. The molecule has 0 bridgehead atoms. The van der Waals surface area contributed by atoms with Crippen LogP contribution in [-0.4, -0.2) is 53.9 Å². The molecule has 0 saturated carbocycles. The summed E-state index contributed by atoms with van der Waals surface area (Å²) in [5.74, 6) is -2.30. The van der Waals surface area contributed by atoms with E-state index in [2.05, 4.69) is 5.32 Å². The van der Waals surface area contributed by atoms with Gasteiger partial charge in [-0.3, -0.25) is 9.59 Å². The van der Waals surface area contributed by atoms with Crippen molar-refractivity contribution in [1.82, 2.24) is 10.2 Å². The third-order valence-electron chi connectivity index (χ3n) is 4.73. The Bertz CT molecular complexity index is 734. The Morgan fingerprint density at radius 2 is 1.83 bits per heavy atom. The van der Waals surface area contributed by atoms with E-state index < -0.39 is 35.8 Å². The molecule has 0 aromatic heterocycles. The maximum atomic E-state index is 13.0. The summed E-state index contributed by atoms with van der Waals surface area (Å²) in [6.45, 7) is 5.71. The van der Waals surface area contributed by atoms with E-state index in [4.69, 9.17) is 9.47 Å². The molecule has 0 radical (unpaired) electrons. The first kappa shape index (κ1) is 22.4. The number of hydrogen-bond acceptors (Lipinski definition) is 6. The van der Waals surface area contributed by atoms with E-state index in [0.717, 1.165) is 5.56 Å². The molecule has 1 aromatic rings. The number of ether oxygens (including phenoxy) is 2. The molecule has 8 nitrogen and oxygen atoms in total. The zero-order valence-corrected chi connectivity index (χ0v) is 17.1. The number of rotatable bonds is 8. The van der Waals surface area contributed by atoms with E-state index in [1.807, 2.05) is 30.3 Å². The van der Waals surface area contributed by atoms with Crippen LogP contribution in [0.15, 0.2) is 30.3 Å². The standard InChI is InChI=1S/C21H28N2O6/c1-4-28-20(26)18(24)16-11-8-12-23(16)19(25)17(14(2)3)22-21(27)29-13-15-9-6-5-7-10-15/h5-7,9-10,14,16-17H,4,8,11-13H2,1-3H3,(H,22,27)/t16?,17-/m0/s1. The summed E-state index contributed by atoms with van der Waals surface area (Å²) in [7, 11) is 0. The second-order valence-corrected chi connectivity index (χ2v) is 7.20. The molecule has 1 aliphatic heterocycles. The SMILES string of the molecule is CCOC(=O)C(=O)C1CCCN1C(=O)[C@@H](NC(=O)OCc1ccccc1)C(C)C. The fourth-order valence-electron chi connectivity index (χ4n) is 3.23. The molecule has 8 heteroatoms. The summed E-state index contributed by atoms with van der Waals surface area (Å²) in [5.41, 5.74) is 0.828. The molecule has 0 spiro atoms. The van der Waals surface area contributed by atoms with Crippen molar-refractivity contribution >= 4 is 23.8 Å². The minimum Gasteiger partial charge on any atom is -0.460 e. The smallest absolute Gasteiger partial charge is 0.408 e. The van der Waals surface area contributed by atoms with Gasteiger partial charge in [-0.15, -0.1) is 0 Å². The van der Waals surface area contributed by atoms with Crippen LogP contribution in [0.2, 0.25) is 0 Å². The minimum atomic E-state index is -0.937. The van der Waals surface area contributed by atoms with Gasteiger partial charge in [0.25, 0.3) is 5.78 Å². The topological polar surface area (TPSA) is 102 Å². The average molecular weight is 404 g/mol. The van der Waals surface area contributed by atoms with Gasteiger partial charge in [-0.05, 0) is 31.2 Å². The van der Waals surface area contributed by atoms with Crippen molar-refractivity contribution < 1.29 is 28.7 Å². The molecular weight excluding hydrogens is 376 g/mol. The monoisotopic (exact) mass is 404 g/mol. The lowest BCUT2D eigenvalue weighted by Gasteiger charge is -2.29.